The first-order valence-corrected chi connectivity index (χ1v) is 7.61. The molecular formula is C15H22F3N5. The summed E-state index contributed by atoms with van der Waals surface area (Å²) in [5, 5.41) is 6.36. The minimum atomic E-state index is -4.14. The van der Waals surface area contributed by atoms with Crippen molar-refractivity contribution in [3.63, 3.8) is 0 Å². The first-order valence-electron chi connectivity index (χ1n) is 7.61. The molecule has 2 N–H and O–H groups in total. The molecule has 8 heteroatoms. The van der Waals surface area contributed by atoms with E-state index in [2.05, 4.69) is 20.6 Å². The molecule has 1 atom stereocenters. The van der Waals surface area contributed by atoms with Crippen molar-refractivity contribution in [3.05, 3.63) is 30.1 Å². The SMILES string of the molecule is CN=C(NCCc1cccnc1)NC1CCN(CC(F)(F)F)C1. The molecule has 5 nitrogen and oxygen atoms in total. The van der Waals surface area contributed by atoms with Gasteiger partial charge in [0.25, 0.3) is 0 Å². The third-order valence-electron chi connectivity index (χ3n) is 3.67. The fraction of sp³-hybridized carbons (Fsp3) is 0.600. The van der Waals surface area contributed by atoms with Gasteiger partial charge in [0.2, 0.25) is 0 Å². The molecule has 1 aromatic rings. The van der Waals surface area contributed by atoms with Crippen molar-refractivity contribution in [1.29, 1.82) is 0 Å². The van der Waals surface area contributed by atoms with E-state index in [1.54, 1.807) is 13.2 Å². The van der Waals surface area contributed by atoms with Crippen molar-refractivity contribution in [2.75, 3.05) is 33.2 Å². The Balaban J connectivity index is 1.71. The summed E-state index contributed by atoms with van der Waals surface area (Å²) in [6.45, 7) is 0.662. The van der Waals surface area contributed by atoms with Crippen LogP contribution in [0.5, 0.6) is 0 Å². The fourth-order valence-electron chi connectivity index (χ4n) is 2.61. The Morgan fingerprint density at radius 2 is 2.30 bits per heavy atom. The monoisotopic (exact) mass is 329 g/mol. The van der Waals surface area contributed by atoms with Crippen molar-refractivity contribution < 1.29 is 13.2 Å². The van der Waals surface area contributed by atoms with Gasteiger partial charge in [-0.25, -0.2) is 0 Å². The maximum Gasteiger partial charge on any atom is 0.401 e. The van der Waals surface area contributed by atoms with Crippen molar-refractivity contribution in [2.24, 2.45) is 4.99 Å². The van der Waals surface area contributed by atoms with Crippen LogP contribution in [0.1, 0.15) is 12.0 Å². The van der Waals surface area contributed by atoms with Gasteiger partial charge < -0.3 is 10.6 Å². The third kappa shape index (κ3) is 6.43. The molecule has 0 amide bonds. The Morgan fingerprint density at radius 3 is 2.96 bits per heavy atom. The zero-order valence-corrected chi connectivity index (χ0v) is 13.1. The quantitative estimate of drug-likeness (QED) is 0.634. The molecule has 128 valence electrons. The van der Waals surface area contributed by atoms with Gasteiger partial charge in [0.15, 0.2) is 5.96 Å². The number of likely N-dealkylation sites (tertiary alicyclic amines) is 1. The number of hydrogen-bond acceptors (Lipinski definition) is 3. The second-order valence-electron chi connectivity index (χ2n) is 5.59. The van der Waals surface area contributed by atoms with Gasteiger partial charge in [-0.3, -0.25) is 14.9 Å². The average Bonchev–Trinajstić information content (AvgIpc) is 2.92. The highest BCUT2D eigenvalue weighted by Crippen LogP contribution is 2.19. The number of pyridine rings is 1. The molecule has 0 bridgehead atoms. The van der Waals surface area contributed by atoms with Crippen LogP contribution in [0.15, 0.2) is 29.5 Å². The molecular weight excluding hydrogens is 307 g/mol. The van der Waals surface area contributed by atoms with E-state index in [1.165, 1.54) is 4.90 Å². The first-order chi connectivity index (χ1) is 11.0. The van der Waals surface area contributed by atoms with Gasteiger partial charge in [0.05, 0.1) is 6.54 Å². The van der Waals surface area contributed by atoms with Crippen LogP contribution >= 0.6 is 0 Å². The van der Waals surface area contributed by atoms with Crippen molar-refractivity contribution in [2.45, 2.75) is 25.1 Å². The number of aliphatic imine (C=N–C) groups is 1. The molecule has 23 heavy (non-hydrogen) atoms. The zero-order chi connectivity index (χ0) is 16.7. The van der Waals surface area contributed by atoms with E-state index in [0.29, 0.717) is 32.0 Å². The molecule has 1 aliphatic heterocycles. The molecule has 0 aromatic carbocycles. The summed E-state index contributed by atoms with van der Waals surface area (Å²) in [5.41, 5.74) is 1.12. The van der Waals surface area contributed by atoms with Crippen LogP contribution in [0.4, 0.5) is 13.2 Å². The molecule has 0 spiro atoms. The Labute approximate surface area is 134 Å². The summed E-state index contributed by atoms with van der Waals surface area (Å²) in [7, 11) is 1.65. The van der Waals surface area contributed by atoms with Crippen LogP contribution in [0.3, 0.4) is 0 Å². The molecule has 0 aliphatic carbocycles. The fourth-order valence-corrected chi connectivity index (χ4v) is 2.61. The highest BCUT2D eigenvalue weighted by molar-refractivity contribution is 5.80. The van der Waals surface area contributed by atoms with Crippen LogP contribution in [0, 0.1) is 0 Å². The Morgan fingerprint density at radius 1 is 1.48 bits per heavy atom. The second kappa shape index (κ2) is 8.14. The average molecular weight is 329 g/mol. The molecule has 1 unspecified atom stereocenters. The van der Waals surface area contributed by atoms with Gasteiger partial charge in [-0.2, -0.15) is 13.2 Å². The van der Waals surface area contributed by atoms with Gasteiger partial charge in [-0.1, -0.05) is 6.07 Å². The number of rotatable bonds is 5. The van der Waals surface area contributed by atoms with E-state index < -0.39 is 12.7 Å². The van der Waals surface area contributed by atoms with Crippen molar-refractivity contribution in [1.82, 2.24) is 20.5 Å². The Bertz CT molecular complexity index is 504. The smallest absolute Gasteiger partial charge is 0.356 e. The highest BCUT2D eigenvalue weighted by atomic mass is 19.4. The van der Waals surface area contributed by atoms with Crippen molar-refractivity contribution >= 4 is 5.96 Å². The molecule has 0 radical (unpaired) electrons. The van der Waals surface area contributed by atoms with Crippen LogP contribution in [0.25, 0.3) is 0 Å². The van der Waals surface area contributed by atoms with E-state index in [9.17, 15) is 13.2 Å². The third-order valence-corrected chi connectivity index (χ3v) is 3.67. The van der Waals surface area contributed by atoms with E-state index in [0.717, 1.165) is 12.0 Å². The number of halogens is 3. The van der Waals surface area contributed by atoms with Crippen LogP contribution in [-0.4, -0.2) is 61.3 Å². The molecule has 1 saturated heterocycles. The number of guanidine groups is 1. The minimum absolute atomic E-state index is 0.0121. The van der Waals surface area contributed by atoms with Crippen LogP contribution < -0.4 is 10.6 Å². The van der Waals surface area contributed by atoms with E-state index in [1.807, 2.05) is 18.3 Å². The van der Waals surface area contributed by atoms with Gasteiger partial charge in [-0.15, -0.1) is 0 Å². The summed E-state index contributed by atoms with van der Waals surface area (Å²) in [6, 6.07) is 3.87. The van der Waals surface area contributed by atoms with Gasteiger partial charge >= 0.3 is 6.18 Å². The number of alkyl halides is 3. The summed E-state index contributed by atoms with van der Waals surface area (Å²) >= 11 is 0. The van der Waals surface area contributed by atoms with Crippen LogP contribution in [-0.2, 0) is 6.42 Å². The topological polar surface area (TPSA) is 52.6 Å². The highest BCUT2D eigenvalue weighted by Gasteiger charge is 2.34. The maximum atomic E-state index is 12.4. The number of nitrogens with one attached hydrogen (secondary N) is 2. The first kappa shape index (κ1) is 17.5. The Kier molecular flexibility index (Phi) is 6.20. The molecule has 1 aromatic heterocycles. The zero-order valence-electron chi connectivity index (χ0n) is 13.1. The lowest BCUT2D eigenvalue weighted by molar-refractivity contribution is -0.143. The standard InChI is InChI=1S/C15H22F3N5/c1-19-14(21-7-4-12-3-2-6-20-9-12)22-13-5-8-23(10-13)11-15(16,17)18/h2-3,6,9,13H,4-5,7-8,10-11H2,1H3,(H2,19,21,22). The lowest BCUT2D eigenvalue weighted by atomic mass is 10.2. The normalized spacial score (nSPS) is 19.8. The summed E-state index contributed by atoms with van der Waals surface area (Å²) in [6.07, 6.45) is 0.880. The molecule has 1 fully saturated rings. The largest absolute Gasteiger partial charge is 0.401 e. The summed E-state index contributed by atoms with van der Waals surface area (Å²) in [5.74, 6) is 0.618. The molecule has 1 aliphatic rings. The maximum absolute atomic E-state index is 12.4. The Hall–Kier alpha value is -1.83. The van der Waals surface area contributed by atoms with Gasteiger partial charge in [-0.05, 0) is 24.5 Å². The lowest BCUT2D eigenvalue weighted by Gasteiger charge is -2.19. The number of nitrogens with zero attached hydrogens (tertiary/aromatic N) is 3. The van der Waals surface area contributed by atoms with Gasteiger partial charge in [0, 0.05) is 45.1 Å². The number of hydrogen-bond donors (Lipinski definition) is 2. The van der Waals surface area contributed by atoms with Crippen molar-refractivity contribution in [3.8, 4) is 0 Å². The van der Waals surface area contributed by atoms with E-state index >= 15 is 0 Å². The lowest BCUT2D eigenvalue weighted by Crippen LogP contribution is -2.45. The van der Waals surface area contributed by atoms with E-state index in [4.69, 9.17) is 0 Å². The molecule has 2 heterocycles. The van der Waals surface area contributed by atoms with Crippen LogP contribution in [0.2, 0.25) is 0 Å². The summed E-state index contributed by atoms with van der Waals surface area (Å²) < 4.78 is 37.2. The van der Waals surface area contributed by atoms with Gasteiger partial charge in [0.1, 0.15) is 0 Å². The minimum Gasteiger partial charge on any atom is -0.356 e. The predicted molar refractivity (Wildman–Crippen MR) is 83.3 cm³/mol. The number of aromatic nitrogens is 1. The van der Waals surface area contributed by atoms with E-state index in [-0.39, 0.29) is 6.04 Å². The molecule has 0 saturated carbocycles. The molecule has 2 rings (SSSR count). The second-order valence-corrected chi connectivity index (χ2v) is 5.59. The summed E-state index contributed by atoms with van der Waals surface area (Å²) in [4.78, 5) is 9.59. The predicted octanol–water partition coefficient (Wildman–Crippen LogP) is 1.43.